The molecule has 0 aliphatic rings. The molecule has 0 radical (unpaired) electrons. The number of halogens is 2. The van der Waals surface area contributed by atoms with E-state index in [1.165, 1.54) is 12.1 Å². The number of benzene rings is 1. The molecule has 1 unspecified atom stereocenters. The second-order valence-corrected chi connectivity index (χ2v) is 4.86. The first-order chi connectivity index (χ1) is 9.54. The zero-order valence-corrected chi connectivity index (χ0v) is 12.8. The standard InChI is InChI=1S/C16H25F2NO/c1-5-16(6-2,20-8-4)15(19-7-3)13-10-9-12(17)11-14(13)18/h9-11,15,19H,5-8H2,1-4H3. The quantitative estimate of drug-likeness (QED) is 0.772. The molecule has 0 bridgehead atoms. The average Bonchev–Trinajstić information content (AvgIpc) is 2.43. The molecule has 114 valence electrons. The molecule has 0 spiro atoms. The lowest BCUT2D eigenvalue weighted by Crippen LogP contribution is -2.46. The highest BCUT2D eigenvalue weighted by Crippen LogP contribution is 2.36. The number of rotatable bonds is 8. The third-order valence-electron chi connectivity index (χ3n) is 3.84. The first-order valence-corrected chi connectivity index (χ1v) is 7.36. The van der Waals surface area contributed by atoms with E-state index in [0.29, 0.717) is 18.7 Å². The SMILES string of the molecule is CCNC(c1ccc(F)cc1F)C(CC)(CC)OCC. The summed E-state index contributed by atoms with van der Waals surface area (Å²) in [4.78, 5) is 0. The van der Waals surface area contributed by atoms with Gasteiger partial charge in [-0.15, -0.1) is 0 Å². The third kappa shape index (κ3) is 3.55. The molecule has 2 nitrogen and oxygen atoms in total. The van der Waals surface area contributed by atoms with Crippen molar-refractivity contribution < 1.29 is 13.5 Å². The molecule has 0 aliphatic heterocycles. The molecule has 0 aromatic heterocycles. The van der Waals surface area contributed by atoms with Crippen LogP contribution in [0, 0.1) is 11.6 Å². The van der Waals surface area contributed by atoms with Gasteiger partial charge in [-0.1, -0.05) is 26.8 Å². The highest BCUT2D eigenvalue weighted by molar-refractivity contribution is 5.25. The van der Waals surface area contributed by atoms with E-state index in [9.17, 15) is 8.78 Å². The molecule has 1 rings (SSSR count). The molecule has 1 aromatic carbocycles. The molecule has 0 saturated carbocycles. The van der Waals surface area contributed by atoms with Gasteiger partial charge in [-0.05, 0) is 32.4 Å². The number of ether oxygens (including phenoxy) is 1. The Bertz CT molecular complexity index is 419. The molecule has 1 aromatic rings. The summed E-state index contributed by atoms with van der Waals surface area (Å²) in [5.74, 6) is -1.08. The Morgan fingerprint density at radius 3 is 2.25 bits per heavy atom. The summed E-state index contributed by atoms with van der Waals surface area (Å²) in [5, 5.41) is 3.30. The predicted octanol–water partition coefficient (Wildman–Crippen LogP) is 4.21. The molecule has 1 atom stereocenters. The van der Waals surface area contributed by atoms with Crippen LogP contribution in [0.2, 0.25) is 0 Å². The molecule has 20 heavy (non-hydrogen) atoms. The molecule has 0 saturated heterocycles. The first-order valence-electron chi connectivity index (χ1n) is 7.36. The van der Waals surface area contributed by atoms with Crippen LogP contribution in [-0.4, -0.2) is 18.8 Å². The molecular formula is C16H25F2NO. The summed E-state index contributed by atoms with van der Waals surface area (Å²) in [7, 11) is 0. The fourth-order valence-electron chi connectivity index (χ4n) is 2.75. The van der Waals surface area contributed by atoms with Gasteiger partial charge >= 0.3 is 0 Å². The lowest BCUT2D eigenvalue weighted by molar-refractivity contribution is -0.0737. The van der Waals surface area contributed by atoms with Crippen molar-refractivity contribution in [3.8, 4) is 0 Å². The Morgan fingerprint density at radius 1 is 1.15 bits per heavy atom. The topological polar surface area (TPSA) is 21.3 Å². The lowest BCUT2D eigenvalue weighted by atomic mass is 9.83. The molecule has 0 amide bonds. The minimum absolute atomic E-state index is 0.289. The maximum Gasteiger partial charge on any atom is 0.131 e. The van der Waals surface area contributed by atoms with Gasteiger partial charge in [0.1, 0.15) is 11.6 Å². The van der Waals surface area contributed by atoms with E-state index in [1.807, 2.05) is 27.7 Å². The molecule has 4 heteroatoms. The molecule has 1 N–H and O–H groups in total. The Kier molecular flexibility index (Phi) is 6.56. The molecule has 0 heterocycles. The fraction of sp³-hybridized carbons (Fsp3) is 0.625. The largest absolute Gasteiger partial charge is 0.373 e. The normalized spacial score (nSPS) is 13.5. The number of hydrogen-bond donors (Lipinski definition) is 1. The molecule has 0 aliphatic carbocycles. The Hall–Kier alpha value is -1.00. The third-order valence-corrected chi connectivity index (χ3v) is 3.84. The Balaban J connectivity index is 3.26. The fourth-order valence-corrected chi connectivity index (χ4v) is 2.75. The number of hydrogen-bond acceptors (Lipinski definition) is 2. The van der Waals surface area contributed by atoms with Gasteiger partial charge in [0.25, 0.3) is 0 Å². The molecular weight excluding hydrogens is 260 g/mol. The van der Waals surface area contributed by atoms with Gasteiger partial charge in [-0.3, -0.25) is 0 Å². The van der Waals surface area contributed by atoms with Crippen molar-refractivity contribution in [2.45, 2.75) is 52.2 Å². The van der Waals surface area contributed by atoms with Crippen molar-refractivity contribution in [2.24, 2.45) is 0 Å². The summed E-state index contributed by atoms with van der Waals surface area (Å²) in [6.07, 6.45) is 1.51. The van der Waals surface area contributed by atoms with Crippen LogP contribution in [-0.2, 0) is 4.74 Å². The van der Waals surface area contributed by atoms with Gasteiger partial charge in [0.2, 0.25) is 0 Å². The molecule has 0 fully saturated rings. The zero-order chi connectivity index (χ0) is 15.2. The minimum Gasteiger partial charge on any atom is -0.373 e. The predicted molar refractivity (Wildman–Crippen MR) is 77.7 cm³/mol. The summed E-state index contributed by atoms with van der Waals surface area (Å²) in [6.45, 7) is 9.22. The second kappa shape index (κ2) is 7.70. The van der Waals surface area contributed by atoms with Crippen molar-refractivity contribution in [3.63, 3.8) is 0 Å². The minimum atomic E-state index is -0.559. The van der Waals surface area contributed by atoms with E-state index in [4.69, 9.17) is 4.74 Å². The zero-order valence-electron chi connectivity index (χ0n) is 12.8. The van der Waals surface area contributed by atoms with Gasteiger partial charge in [-0.2, -0.15) is 0 Å². The van der Waals surface area contributed by atoms with Gasteiger partial charge in [0, 0.05) is 18.2 Å². The number of likely N-dealkylation sites (N-methyl/N-ethyl adjacent to an activating group) is 1. The summed E-state index contributed by atoms with van der Waals surface area (Å²) >= 11 is 0. The lowest BCUT2D eigenvalue weighted by Gasteiger charge is -2.40. The average molecular weight is 285 g/mol. The van der Waals surface area contributed by atoms with Crippen molar-refractivity contribution in [3.05, 3.63) is 35.4 Å². The monoisotopic (exact) mass is 285 g/mol. The van der Waals surface area contributed by atoms with Crippen molar-refractivity contribution >= 4 is 0 Å². The highest BCUT2D eigenvalue weighted by atomic mass is 19.1. The summed E-state index contributed by atoms with van der Waals surface area (Å²) in [5.41, 5.74) is -0.0194. The van der Waals surface area contributed by atoms with E-state index >= 15 is 0 Å². The van der Waals surface area contributed by atoms with Crippen molar-refractivity contribution in [1.82, 2.24) is 5.32 Å². The van der Waals surface area contributed by atoms with Gasteiger partial charge in [-0.25, -0.2) is 8.78 Å². The van der Waals surface area contributed by atoms with Crippen LogP contribution >= 0.6 is 0 Å². The van der Waals surface area contributed by atoms with Gasteiger partial charge in [0.05, 0.1) is 11.6 Å². The second-order valence-electron chi connectivity index (χ2n) is 4.86. The first kappa shape index (κ1) is 17.1. The van der Waals surface area contributed by atoms with E-state index < -0.39 is 17.2 Å². The maximum absolute atomic E-state index is 14.1. The van der Waals surface area contributed by atoms with Crippen molar-refractivity contribution in [1.29, 1.82) is 0 Å². The summed E-state index contributed by atoms with van der Waals surface area (Å²) in [6, 6.07) is 3.45. The highest BCUT2D eigenvalue weighted by Gasteiger charge is 2.38. The van der Waals surface area contributed by atoms with Crippen LogP contribution in [0.1, 0.15) is 52.1 Å². The van der Waals surface area contributed by atoms with Gasteiger partial charge < -0.3 is 10.1 Å². The van der Waals surface area contributed by atoms with Crippen LogP contribution in [0.4, 0.5) is 8.78 Å². The van der Waals surface area contributed by atoms with Crippen LogP contribution in [0.3, 0.4) is 0 Å². The van der Waals surface area contributed by atoms with Crippen LogP contribution < -0.4 is 5.32 Å². The number of nitrogens with one attached hydrogen (secondary N) is 1. The smallest absolute Gasteiger partial charge is 0.131 e. The maximum atomic E-state index is 14.1. The Morgan fingerprint density at radius 2 is 1.80 bits per heavy atom. The van der Waals surface area contributed by atoms with E-state index in [0.717, 1.165) is 18.9 Å². The van der Waals surface area contributed by atoms with Crippen molar-refractivity contribution in [2.75, 3.05) is 13.2 Å². The Labute approximate surface area is 120 Å². The van der Waals surface area contributed by atoms with E-state index in [1.54, 1.807) is 0 Å². The summed E-state index contributed by atoms with van der Waals surface area (Å²) < 4.78 is 33.2. The van der Waals surface area contributed by atoms with Gasteiger partial charge in [0.15, 0.2) is 0 Å². The van der Waals surface area contributed by atoms with E-state index in [2.05, 4.69) is 5.32 Å². The van der Waals surface area contributed by atoms with Crippen LogP contribution in [0.15, 0.2) is 18.2 Å². The van der Waals surface area contributed by atoms with E-state index in [-0.39, 0.29) is 6.04 Å². The van der Waals surface area contributed by atoms with Crippen LogP contribution in [0.5, 0.6) is 0 Å². The van der Waals surface area contributed by atoms with Crippen LogP contribution in [0.25, 0.3) is 0 Å².